The maximum absolute atomic E-state index is 12.4. The third kappa shape index (κ3) is 4.78. The first-order valence-corrected chi connectivity index (χ1v) is 10.0. The molecule has 28 heavy (non-hydrogen) atoms. The van der Waals surface area contributed by atoms with Crippen LogP contribution in [0.5, 0.6) is 0 Å². The van der Waals surface area contributed by atoms with E-state index in [1.54, 1.807) is 0 Å². The number of nitriles is 1. The van der Waals surface area contributed by atoms with E-state index in [4.69, 9.17) is 9.78 Å². The molecule has 0 saturated carbocycles. The van der Waals surface area contributed by atoms with Crippen LogP contribution in [0.1, 0.15) is 20.3 Å². The molecule has 0 radical (unpaired) electrons. The van der Waals surface area contributed by atoms with Gasteiger partial charge < -0.3 is 15.2 Å². The molecule has 0 saturated heterocycles. The van der Waals surface area contributed by atoms with Crippen molar-refractivity contribution in [1.29, 1.82) is 5.26 Å². The predicted molar refractivity (Wildman–Crippen MR) is 111 cm³/mol. The van der Waals surface area contributed by atoms with Gasteiger partial charge in [-0.05, 0) is 12.3 Å². The maximum atomic E-state index is 12.4. The molecule has 2 N–H and O–H groups in total. The van der Waals surface area contributed by atoms with Crippen molar-refractivity contribution in [2.45, 2.75) is 26.3 Å². The van der Waals surface area contributed by atoms with E-state index < -0.39 is 6.04 Å². The van der Waals surface area contributed by atoms with Gasteiger partial charge in [-0.2, -0.15) is 5.26 Å². The topological polar surface area (TPSA) is 90.9 Å². The zero-order valence-corrected chi connectivity index (χ0v) is 16.6. The molecule has 3 aromatic rings. The largest absolute Gasteiger partial charge is 0.372 e. The van der Waals surface area contributed by atoms with Gasteiger partial charge >= 0.3 is 0 Å². The van der Waals surface area contributed by atoms with Crippen molar-refractivity contribution >= 4 is 22.9 Å². The third-order valence-electron chi connectivity index (χ3n) is 4.20. The van der Waals surface area contributed by atoms with Crippen molar-refractivity contribution in [2.24, 2.45) is 5.92 Å². The first kappa shape index (κ1) is 19.6. The molecule has 0 unspecified atom stereocenters. The molecule has 1 aromatic carbocycles. The van der Waals surface area contributed by atoms with E-state index in [9.17, 15) is 4.79 Å². The number of amides is 1. The second-order valence-corrected chi connectivity index (χ2v) is 7.59. The molecule has 2 aromatic heterocycles. The van der Waals surface area contributed by atoms with Gasteiger partial charge in [0.25, 0.3) is 0 Å². The number of carbonyl (C=O) groups excluding carboxylic acids is 1. The van der Waals surface area contributed by atoms with Gasteiger partial charge in [-0.15, -0.1) is 11.3 Å². The fourth-order valence-corrected chi connectivity index (χ4v) is 3.67. The van der Waals surface area contributed by atoms with E-state index in [2.05, 4.69) is 29.6 Å². The van der Waals surface area contributed by atoms with Gasteiger partial charge in [0.2, 0.25) is 5.91 Å². The monoisotopic (exact) mass is 394 g/mol. The lowest BCUT2D eigenvalue weighted by atomic mass is 10.0. The van der Waals surface area contributed by atoms with Crippen molar-refractivity contribution in [3.63, 3.8) is 0 Å². The van der Waals surface area contributed by atoms with Crippen LogP contribution in [0.3, 0.4) is 0 Å². The van der Waals surface area contributed by atoms with Crippen molar-refractivity contribution in [3.05, 3.63) is 47.2 Å². The summed E-state index contributed by atoms with van der Waals surface area (Å²) in [6.45, 7) is 4.11. The summed E-state index contributed by atoms with van der Waals surface area (Å²) < 4.78 is 5.57. The minimum Gasteiger partial charge on any atom is -0.372 e. The number of nitrogens with one attached hydrogen (secondary N) is 2. The van der Waals surface area contributed by atoms with Crippen LogP contribution in [-0.2, 0) is 4.79 Å². The molecular weight excluding hydrogens is 372 g/mol. The summed E-state index contributed by atoms with van der Waals surface area (Å²) in [5, 5.41) is 22.8. The smallest absolute Gasteiger partial charge is 0.243 e. The molecule has 0 bridgehead atoms. The molecule has 1 amide bonds. The number of carbonyl (C=O) groups is 1. The second kappa shape index (κ2) is 9.20. The van der Waals surface area contributed by atoms with E-state index in [0.29, 0.717) is 18.1 Å². The Morgan fingerprint density at radius 2 is 2.07 bits per heavy atom. The standard InChI is InChI=1S/C21H22N4O2S/c1-14(2)10-18(21(26)23-9-8-22)24-19-13-28-12-16(19)20-11-17(25-27-20)15-6-4-3-5-7-15/h3-7,11-14,18,24H,9-10H2,1-2H3,(H,23,26)/t18-/m0/s1. The Morgan fingerprint density at radius 3 is 2.79 bits per heavy atom. The Hall–Kier alpha value is -3.11. The van der Waals surface area contributed by atoms with E-state index >= 15 is 0 Å². The highest BCUT2D eigenvalue weighted by atomic mass is 32.1. The lowest BCUT2D eigenvalue weighted by Crippen LogP contribution is -2.40. The summed E-state index contributed by atoms with van der Waals surface area (Å²) in [5.41, 5.74) is 3.43. The number of benzene rings is 1. The van der Waals surface area contributed by atoms with Crippen LogP contribution in [0.25, 0.3) is 22.6 Å². The number of thiophene rings is 1. The van der Waals surface area contributed by atoms with Gasteiger partial charge in [0.1, 0.15) is 18.3 Å². The number of anilines is 1. The van der Waals surface area contributed by atoms with E-state index in [1.165, 1.54) is 11.3 Å². The Balaban J connectivity index is 1.81. The zero-order chi connectivity index (χ0) is 19.9. The van der Waals surface area contributed by atoms with Gasteiger partial charge in [-0.25, -0.2) is 0 Å². The van der Waals surface area contributed by atoms with Crippen LogP contribution in [0.15, 0.2) is 51.7 Å². The fourth-order valence-electron chi connectivity index (χ4n) is 2.89. The van der Waals surface area contributed by atoms with Crippen molar-refractivity contribution < 1.29 is 9.32 Å². The Labute approximate surface area is 168 Å². The first-order valence-electron chi connectivity index (χ1n) is 9.08. The second-order valence-electron chi connectivity index (χ2n) is 6.84. The molecule has 7 heteroatoms. The van der Waals surface area contributed by atoms with Gasteiger partial charge in [0, 0.05) is 22.4 Å². The molecule has 6 nitrogen and oxygen atoms in total. The van der Waals surface area contributed by atoms with Crippen molar-refractivity contribution in [2.75, 3.05) is 11.9 Å². The lowest BCUT2D eigenvalue weighted by molar-refractivity contribution is -0.121. The van der Waals surface area contributed by atoms with Gasteiger partial charge in [0.05, 0.1) is 17.3 Å². The fraction of sp³-hybridized carbons (Fsp3) is 0.286. The summed E-state index contributed by atoms with van der Waals surface area (Å²) in [7, 11) is 0. The molecule has 0 aliphatic rings. The highest BCUT2D eigenvalue weighted by Crippen LogP contribution is 2.34. The van der Waals surface area contributed by atoms with Crippen LogP contribution in [0.4, 0.5) is 5.69 Å². The molecular formula is C21H22N4O2S. The number of nitrogens with zero attached hydrogens (tertiary/aromatic N) is 2. The van der Waals surface area contributed by atoms with Crippen LogP contribution in [0, 0.1) is 17.2 Å². The summed E-state index contributed by atoms with van der Waals surface area (Å²) in [4.78, 5) is 12.4. The number of aromatic nitrogens is 1. The summed E-state index contributed by atoms with van der Waals surface area (Å²) >= 11 is 1.52. The normalized spacial score (nSPS) is 11.8. The Morgan fingerprint density at radius 1 is 1.29 bits per heavy atom. The molecule has 0 spiro atoms. The molecule has 1 atom stereocenters. The van der Waals surface area contributed by atoms with Crippen molar-refractivity contribution in [3.8, 4) is 28.7 Å². The number of rotatable bonds is 8. The minimum absolute atomic E-state index is 0.00581. The Bertz CT molecular complexity index is 956. The minimum atomic E-state index is -0.432. The average molecular weight is 395 g/mol. The SMILES string of the molecule is CC(C)C[C@H](Nc1cscc1-c1cc(-c2ccccc2)no1)C(=O)NCC#N. The lowest BCUT2D eigenvalue weighted by Gasteiger charge is -2.20. The van der Waals surface area contributed by atoms with Crippen LogP contribution < -0.4 is 10.6 Å². The molecule has 0 aliphatic heterocycles. The summed E-state index contributed by atoms with van der Waals surface area (Å²) in [6.07, 6.45) is 0.651. The van der Waals surface area contributed by atoms with Crippen LogP contribution in [-0.4, -0.2) is 23.7 Å². The average Bonchev–Trinajstić information content (AvgIpc) is 3.35. The van der Waals surface area contributed by atoms with Crippen LogP contribution in [0.2, 0.25) is 0 Å². The molecule has 0 fully saturated rings. The summed E-state index contributed by atoms with van der Waals surface area (Å²) in [5.74, 6) is 0.778. The maximum Gasteiger partial charge on any atom is 0.243 e. The highest BCUT2D eigenvalue weighted by Gasteiger charge is 2.22. The van der Waals surface area contributed by atoms with Crippen LogP contribution >= 0.6 is 11.3 Å². The first-order chi connectivity index (χ1) is 13.6. The highest BCUT2D eigenvalue weighted by molar-refractivity contribution is 7.08. The summed E-state index contributed by atoms with van der Waals surface area (Å²) in [6, 6.07) is 13.2. The van der Waals surface area contributed by atoms with Gasteiger partial charge in [-0.3, -0.25) is 4.79 Å². The number of hydrogen-bond donors (Lipinski definition) is 2. The quantitative estimate of drug-likeness (QED) is 0.548. The predicted octanol–water partition coefficient (Wildman–Crippen LogP) is 4.54. The third-order valence-corrected chi connectivity index (χ3v) is 4.95. The molecule has 2 heterocycles. The number of hydrogen-bond acceptors (Lipinski definition) is 6. The molecule has 3 rings (SSSR count). The zero-order valence-electron chi connectivity index (χ0n) is 15.8. The van der Waals surface area contributed by atoms with Gasteiger partial charge in [0.15, 0.2) is 5.76 Å². The van der Waals surface area contributed by atoms with E-state index in [1.807, 2.05) is 53.2 Å². The molecule has 144 valence electrons. The van der Waals surface area contributed by atoms with Gasteiger partial charge in [-0.1, -0.05) is 49.3 Å². The van der Waals surface area contributed by atoms with E-state index in [-0.39, 0.29) is 12.5 Å². The molecule has 0 aliphatic carbocycles. The van der Waals surface area contributed by atoms with E-state index in [0.717, 1.165) is 22.5 Å². The van der Waals surface area contributed by atoms with Crippen molar-refractivity contribution in [1.82, 2.24) is 10.5 Å². The Kier molecular flexibility index (Phi) is 6.45.